The Bertz CT molecular complexity index is 577. The maximum Gasteiger partial charge on any atom is 0.410 e. The van der Waals surface area contributed by atoms with E-state index in [0.717, 1.165) is 37.7 Å². The lowest BCUT2D eigenvalue weighted by Gasteiger charge is -2.35. The monoisotopic (exact) mass is 377 g/mol. The van der Waals surface area contributed by atoms with Crippen LogP contribution in [0.25, 0.3) is 0 Å². The Kier molecular flexibility index (Phi) is 9.11. The third-order valence-corrected chi connectivity index (χ3v) is 5.04. The Morgan fingerprint density at radius 3 is 2.67 bits per heavy atom. The number of carboxylic acid groups (broad SMARTS) is 1. The molecule has 0 unspecified atom stereocenters. The smallest absolute Gasteiger partial charge is 0.410 e. The molecule has 0 aliphatic carbocycles. The zero-order chi connectivity index (χ0) is 19.5. The van der Waals surface area contributed by atoms with Crippen LogP contribution in [0.5, 0.6) is 0 Å². The molecule has 150 valence electrons. The topological polar surface area (TPSA) is 87.1 Å². The lowest BCUT2D eigenvalue weighted by Crippen LogP contribution is -2.46. The minimum absolute atomic E-state index is 0.107. The Labute approximate surface area is 161 Å². The van der Waals surface area contributed by atoms with E-state index in [1.807, 2.05) is 30.3 Å². The normalized spacial score (nSPS) is 18.2. The van der Waals surface area contributed by atoms with Crippen molar-refractivity contribution < 1.29 is 24.5 Å². The quantitative estimate of drug-likeness (QED) is 0.543. The van der Waals surface area contributed by atoms with Gasteiger partial charge in [0.15, 0.2) is 0 Å². The molecule has 1 aromatic rings. The van der Waals surface area contributed by atoms with Crippen molar-refractivity contribution in [2.45, 2.75) is 69.9 Å². The van der Waals surface area contributed by atoms with Crippen LogP contribution >= 0.6 is 0 Å². The van der Waals surface area contributed by atoms with Crippen LogP contribution in [-0.2, 0) is 16.0 Å². The SMILES string of the molecule is O=C(O)CCCCCCN1C(=O)OCC[C@@H]1CC[C@H](O)Cc1ccccc1. The summed E-state index contributed by atoms with van der Waals surface area (Å²) in [5, 5.41) is 19.0. The number of nitrogens with zero attached hydrogens (tertiary/aromatic N) is 1. The highest BCUT2D eigenvalue weighted by molar-refractivity contribution is 5.68. The molecule has 2 N–H and O–H groups in total. The third kappa shape index (κ3) is 7.99. The highest BCUT2D eigenvalue weighted by Gasteiger charge is 2.29. The zero-order valence-electron chi connectivity index (χ0n) is 15.9. The molecule has 1 aromatic carbocycles. The molecular formula is C21H31NO5. The van der Waals surface area contributed by atoms with Gasteiger partial charge in [0, 0.05) is 25.4 Å². The van der Waals surface area contributed by atoms with Crippen molar-refractivity contribution >= 4 is 12.1 Å². The molecule has 2 rings (SSSR count). The van der Waals surface area contributed by atoms with E-state index in [9.17, 15) is 14.7 Å². The first-order valence-corrected chi connectivity index (χ1v) is 9.93. The zero-order valence-corrected chi connectivity index (χ0v) is 15.9. The van der Waals surface area contributed by atoms with E-state index < -0.39 is 12.1 Å². The molecule has 1 aliphatic heterocycles. The number of ether oxygens (including phenoxy) is 1. The number of unbranched alkanes of at least 4 members (excludes halogenated alkanes) is 3. The fourth-order valence-electron chi connectivity index (χ4n) is 3.53. The van der Waals surface area contributed by atoms with Crippen molar-refractivity contribution in [3.63, 3.8) is 0 Å². The molecule has 1 aliphatic rings. The van der Waals surface area contributed by atoms with Crippen LogP contribution in [0.1, 0.15) is 56.9 Å². The van der Waals surface area contributed by atoms with Crippen LogP contribution in [0.2, 0.25) is 0 Å². The summed E-state index contributed by atoms with van der Waals surface area (Å²) in [4.78, 5) is 24.4. The predicted octanol–water partition coefficient (Wildman–Crippen LogP) is 3.62. The number of hydrogen-bond donors (Lipinski definition) is 2. The van der Waals surface area contributed by atoms with Gasteiger partial charge in [-0.15, -0.1) is 0 Å². The van der Waals surface area contributed by atoms with Crippen LogP contribution in [-0.4, -0.2) is 52.5 Å². The van der Waals surface area contributed by atoms with Gasteiger partial charge >= 0.3 is 12.1 Å². The predicted molar refractivity (Wildman–Crippen MR) is 103 cm³/mol. The van der Waals surface area contributed by atoms with Crippen LogP contribution < -0.4 is 0 Å². The molecule has 0 spiro atoms. The Balaban J connectivity index is 1.72. The number of aliphatic hydroxyl groups excluding tert-OH is 1. The fourth-order valence-corrected chi connectivity index (χ4v) is 3.53. The first kappa shape index (κ1) is 21.2. The van der Waals surface area contributed by atoms with Gasteiger partial charge in [0.1, 0.15) is 0 Å². The van der Waals surface area contributed by atoms with Gasteiger partial charge in [0.2, 0.25) is 0 Å². The number of carbonyl (C=O) groups excluding carboxylic acids is 1. The second-order valence-electron chi connectivity index (χ2n) is 7.23. The van der Waals surface area contributed by atoms with E-state index in [2.05, 4.69) is 0 Å². The summed E-state index contributed by atoms with van der Waals surface area (Å²) in [6.07, 6.45) is 5.64. The molecule has 0 saturated carbocycles. The van der Waals surface area contributed by atoms with E-state index >= 15 is 0 Å². The number of aliphatic hydroxyl groups is 1. The molecule has 0 aromatic heterocycles. The van der Waals surface area contributed by atoms with Gasteiger partial charge in [-0.3, -0.25) is 4.79 Å². The summed E-state index contributed by atoms with van der Waals surface area (Å²) in [5.74, 6) is -0.760. The number of carboxylic acids is 1. The lowest BCUT2D eigenvalue weighted by molar-refractivity contribution is -0.137. The molecule has 0 bridgehead atoms. The molecule has 6 nitrogen and oxygen atoms in total. The van der Waals surface area contributed by atoms with Gasteiger partial charge in [-0.05, 0) is 37.7 Å². The number of hydrogen-bond acceptors (Lipinski definition) is 4. The lowest BCUT2D eigenvalue weighted by atomic mass is 9.99. The summed E-state index contributed by atoms with van der Waals surface area (Å²) < 4.78 is 5.18. The molecule has 1 saturated heterocycles. The van der Waals surface area contributed by atoms with E-state index in [0.29, 0.717) is 32.4 Å². The first-order chi connectivity index (χ1) is 13.1. The van der Waals surface area contributed by atoms with Crippen molar-refractivity contribution in [3.8, 4) is 0 Å². The average Bonchev–Trinajstić information content (AvgIpc) is 2.65. The van der Waals surface area contributed by atoms with Crippen molar-refractivity contribution in [1.29, 1.82) is 0 Å². The first-order valence-electron chi connectivity index (χ1n) is 9.93. The minimum atomic E-state index is -0.760. The maximum atomic E-state index is 12.1. The van der Waals surface area contributed by atoms with Crippen molar-refractivity contribution in [2.75, 3.05) is 13.2 Å². The summed E-state index contributed by atoms with van der Waals surface area (Å²) in [5.41, 5.74) is 1.12. The third-order valence-electron chi connectivity index (χ3n) is 5.04. The van der Waals surface area contributed by atoms with Gasteiger partial charge in [0.25, 0.3) is 0 Å². The summed E-state index contributed by atoms with van der Waals surface area (Å²) in [6, 6.07) is 10.0. The van der Waals surface area contributed by atoms with Crippen LogP contribution in [0.4, 0.5) is 4.79 Å². The van der Waals surface area contributed by atoms with E-state index in [1.165, 1.54) is 0 Å². The van der Waals surface area contributed by atoms with E-state index in [-0.39, 0.29) is 18.6 Å². The molecule has 1 heterocycles. The van der Waals surface area contributed by atoms with Gasteiger partial charge in [-0.1, -0.05) is 43.2 Å². The second-order valence-corrected chi connectivity index (χ2v) is 7.23. The molecule has 27 heavy (non-hydrogen) atoms. The molecule has 1 fully saturated rings. The Morgan fingerprint density at radius 1 is 1.19 bits per heavy atom. The number of aliphatic carboxylic acids is 1. The van der Waals surface area contributed by atoms with Crippen LogP contribution in [0.15, 0.2) is 30.3 Å². The standard InChI is InChI=1S/C21H31NO5/c23-19(16-17-8-4-3-5-9-17)12-11-18-13-15-27-21(26)22(18)14-7-2-1-6-10-20(24)25/h3-5,8-9,18-19,23H,1-2,6-7,10-16H2,(H,24,25)/t18-,19-/m0/s1. The number of amides is 1. The highest BCUT2D eigenvalue weighted by Crippen LogP contribution is 2.21. The maximum absolute atomic E-state index is 12.1. The molecule has 0 radical (unpaired) electrons. The van der Waals surface area contributed by atoms with Crippen molar-refractivity contribution in [1.82, 2.24) is 4.90 Å². The Hall–Kier alpha value is -2.08. The molecule has 1 amide bonds. The highest BCUT2D eigenvalue weighted by atomic mass is 16.6. The Morgan fingerprint density at radius 2 is 1.93 bits per heavy atom. The second kappa shape index (κ2) is 11.6. The summed E-state index contributed by atoms with van der Waals surface area (Å²) in [6.45, 7) is 1.07. The average molecular weight is 377 g/mol. The summed E-state index contributed by atoms with van der Waals surface area (Å²) in [7, 11) is 0. The number of cyclic esters (lactones) is 1. The van der Waals surface area contributed by atoms with Crippen LogP contribution in [0, 0.1) is 0 Å². The van der Waals surface area contributed by atoms with Crippen LogP contribution in [0.3, 0.4) is 0 Å². The van der Waals surface area contributed by atoms with E-state index in [4.69, 9.17) is 9.84 Å². The largest absolute Gasteiger partial charge is 0.481 e. The van der Waals surface area contributed by atoms with Gasteiger partial charge in [-0.25, -0.2) is 4.79 Å². The molecule has 6 heteroatoms. The summed E-state index contributed by atoms with van der Waals surface area (Å²) >= 11 is 0. The van der Waals surface area contributed by atoms with Crippen molar-refractivity contribution in [3.05, 3.63) is 35.9 Å². The van der Waals surface area contributed by atoms with Gasteiger partial charge < -0.3 is 19.8 Å². The van der Waals surface area contributed by atoms with E-state index in [1.54, 1.807) is 4.90 Å². The fraction of sp³-hybridized carbons (Fsp3) is 0.619. The molecule has 2 atom stereocenters. The number of rotatable bonds is 12. The molecular weight excluding hydrogens is 346 g/mol. The van der Waals surface area contributed by atoms with Crippen molar-refractivity contribution in [2.24, 2.45) is 0 Å². The van der Waals surface area contributed by atoms with Gasteiger partial charge in [0.05, 0.1) is 12.7 Å². The minimum Gasteiger partial charge on any atom is -0.481 e. The number of carbonyl (C=O) groups is 2. The van der Waals surface area contributed by atoms with Gasteiger partial charge in [-0.2, -0.15) is 0 Å². The number of benzene rings is 1.